The SMILES string of the molecule is CCCCc1nc2ccccc2c(=O)n1-c1ccc(C#N)cc1. The second-order valence-electron chi connectivity index (χ2n) is 5.45. The number of nitrogens with zero attached hydrogens (tertiary/aromatic N) is 3. The molecular weight excluding hydrogens is 286 g/mol. The van der Waals surface area contributed by atoms with E-state index in [1.807, 2.05) is 18.2 Å². The molecule has 0 amide bonds. The van der Waals surface area contributed by atoms with Crippen LogP contribution in [0, 0.1) is 11.3 Å². The highest BCUT2D eigenvalue weighted by Crippen LogP contribution is 2.15. The molecule has 0 saturated carbocycles. The van der Waals surface area contributed by atoms with Crippen molar-refractivity contribution in [2.75, 3.05) is 0 Å². The zero-order valence-corrected chi connectivity index (χ0v) is 13.0. The van der Waals surface area contributed by atoms with Crippen LogP contribution in [0.1, 0.15) is 31.2 Å². The van der Waals surface area contributed by atoms with Gasteiger partial charge in [0.05, 0.1) is 28.2 Å². The maximum atomic E-state index is 12.9. The van der Waals surface area contributed by atoms with Gasteiger partial charge in [0, 0.05) is 6.42 Å². The summed E-state index contributed by atoms with van der Waals surface area (Å²) in [6.07, 6.45) is 2.76. The van der Waals surface area contributed by atoms with E-state index in [0.29, 0.717) is 10.9 Å². The Morgan fingerprint density at radius 1 is 1.13 bits per heavy atom. The molecule has 0 radical (unpaired) electrons. The van der Waals surface area contributed by atoms with E-state index in [1.54, 1.807) is 34.9 Å². The molecule has 2 aromatic carbocycles. The molecule has 4 nitrogen and oxygen atoms in total. The molecule has 3 aromatic rings. The summed E-state index contributed by atoms with van der Waals surface area (Å²) in [6, 6.07) is 16.5. The Balaban J connectivity index is 2.25. The third-order valence-corrected chi connectivity index (χ3v) is 3.85. The number of benzene rings is 2. The normalized spacial score (nSPS) is 10.6. The van der Waals surface area contributed by atoms with Gasteiger partial charge in [0.2, 0.25) is 0 Å². The Morgan fingerprint density at radius 3 is 2.57 bits per heavy atom. The Kier molecular flexibility index (Phi) is 4.20. The van der Waals surface area contributed by atoms with Gasteiger partial charge in [-0.2, -0.15) is 5.26 Å². The molecule has 0 unspecified atom stereocenters. The fourth-order valence-corrected chi connectivity index (χ4v) is 2.63. The van der Waals surface area contributed by atoms with Gasteiger partial charge < -0.3 is 0 Å². The summed E-state index contributed by atoms with van der Waals surface area (Å²) in [4.78, 5) is 17.6. The van der Waals surface area contributed by atoms with E-state index >= 15 is 0 Å². The topological polar surface area (TPSA) is 58.7 Å². The monoisotopic (exact) mass is 303 g/mol. The molecule has 0 saturated heterocycles. The van der Waals surface area contributed by atoms with Crippen LogP contribution in [0.15, 0.2) is 53.3 Å². The lowest BCUT2D eigenvalue weighted by atomic mass is 10.1. The van der Waals surface area contributed by atoms with Crippen molar-refractivity contribution in [2.45, 2.75) is 26.2 Å². The first-order valence-electron chi connectivity index (χ1n) is 7.76. The van der Waals surface area contributed by atoms with Crippen LogP contribution in [-0.2, 0) is 6.42 Å². The van der Waals surface area contributed by atoms with Crippen molar-refractivity contribution in [3.8, 4) is 11.8 Å². The first kappa shape index (κ1) is 15.0. The van der Waals surface area contributed by atoms with Crippen molar-refractivity contribution in [2.24, 2.45) is 0 Å². The summed E-state index contributed by atoms with van der Waals surface area (Å²) in [5, 5.41) is 9.54. The maximum absolute atomic E-state index is 12.9. The van der Waals surface area contributed by atoms with Crippen LogP contribution in [-0.4, -0.2) is 9.55 Å². The van der Waals surface area contributed by atoms with Crippen LogP contribution in [0.2, 0.25) is 0 Å². The smallest absolute Gasteiger partial charge is 0.265 e. The van der Waals surface area contributed by atoms with Gasteiger partial charge >= 0.3 is 0 Å². The molecule has 1 heterocycles. The molecule has 0 fully saturated rings. The van der Waals surface area contributed by atoms with Crippen molar-refractivity contribution >= 4 is 10.9 Å². The second kappa shape index (κ2) is 6.45. The zero-order valence-electron chi connectivity index (χ0n) is 13.0. The van der Waals surface area contributed by atoms with Gasteiger partial charge in [-0.15, -0.1) is 0 Å². The summed E-state index contributed by atoms with van der Waals surface area (Å²) in [5.74, 6) is 0.764. The van der Waals surface area contributed by atoms with E-state index in [2.05, 4.69) is 13.0 Å². The molecular formula is C19H17N3O. The van der Waals surface area contributed by atoms with Gasteiger partial charge in [0.25, 0.3) is 5.56 Å². The number of aromatic nitrogens is 2. The predicted molar refractivity (Wildman–Crippen MR) is 90.7 cm³/mol. The third-order valence-electron chi connectivity index (χ3n) is 3.85. The number of para-hydroxylation sites is 1. The highest BCUT2D eigenvalue weighted by molar-refractivity contribution is 5.77. The highest BCUT2D eigenvalue weighted by atomic mass is 16.1. The molecule has 4 heteroatoms. The number of rotatable bonds is 4. The molecule has 0 aliphatic rings. The molecule has 0 atom stereocenters. The van der Waals surface area contributed by atoms with Crippen molar-refractivity contribution in [1.82, 2.24) is 9.55 Å². The van der Waals surface area contributed by atoms with Crippen LogP contribution in [0.25, 0.3) is 16.6 Å². The minimum atomic E-state index is -0.0635. The van der Waals surface area contributed by atoms with Crippen LogP contribution in [0.3, 0.4) is 0 Å². The molecule has 0 N–H and O–H groups in total. The van der Waals surface area contributed by atoms with Crippen LogP contribution in [0.5, 0.6) is 0 Å². The number of unbranched alkanes of at least 4 members (excludes halogenated alkanes) is 1. The van der Waals surface area contributed by atoms with E-state index in [1.165, 1.54) is 0 Å². The van der Waals surface area contributed by atoms with Crippen molar-refractivity contribution in [3.05, 3.63) is 70.3 Å². The molecule has 0 aliphatic carbocycles. The summed E-state index contributed by atoms with van der Waals surface area (Å²) >= 11 is 0. The van der Waals surface area contributed by atoms with Crippen LogP contribution in [0.4, 0.5) is 0 Å². The van der Waals surface area contributed by atoms with Gasteiger partial charge in [-0.1, -0.05) is 25.5 Å². The van der Waals surface area contributed by atoms with Crippen LogP contribution >= 0.6 is 0 Å². The molecule has 114 valence electrons. The lowest BCUT2D eigenvalue weighted by molar-refractivity contribution is 0.720. The lowest BCUT2D eigenvalue weighted by Gasteiger charge is -2.13. The number of hydrogen-bond acceptors (Lipinski definition) is 3. The number of aryl methyl sites for hydroxylation is 1. The number of nitriles is 1. The van der Waals surface area contributed by atoms with Gasteiger partial charge in [0.15, 0.2) is 0 Å². The quantitative estimate of drug-likeness (QED) is 0.740. The summed E-state index contributed by atoms with van der Waals surface area (Å²) in [5.41, 5.74) is 1.99. The van der Waals surface area contributed by atoms with E-state index in [4.69, 9.17) is 10.2 Å². The summed E-state index contributed by atoms with van der Waals surface area (Å²) in [7, 11) is 0. The highest BCUT2D eigenvalue weighted by Gasteiger charge is 2.12. The van der Waals surface area contributed by atoms with Crippen molar-refractivity contribution < 1.29 is 0 Å². The fraction of sp³-hybridized carbons (Fsp3) is 0.211. The minimum absolute atomic E-state index is 0.0635. The van der Waals surface area contributed by atoms with Gasteiger partial charge in [0.1, 0.15) is 5.82 Å². The fourth-order valence-electron chi connectivity index (χ4n) is 2.63. The van der Waals surface area contributed by atoms with Gasteiger partial charge in [-0.3, -0.25) is 9.36 Å². The average molecular weight is 303 g/mol. The first-order valence-corrected chi connectivity index (χ1v) is 7.76. The van der Waals surface area contributed by atoms with E-state index < -0.39 is 0 Å². The summed E-state index contributed by atoms with van der Waals surface area (Å²) in [6.45, 7) is 2.12. The third kappa shape index (κ3) is 2.86. The molecule has 1 aromatic heterocycles. The largest absolute Gasteiger partial charge is 0.268 e. The summed E-state index contributed by atoms with van der Waals surface area (Å²) < 4.78 is 1.67. The Morgan fingerprint density at radius 2 is 1.87 bits per heavy atom. The molecule has 23 heavy (non-hydrogen) atoms. The number of hydrogen-bond donors (Lipinski definition) is 0. The predicted octanol–water partition coefficient (Wildman–Crippen LogP) is 3.60. The van der Waals surface area contributed by atoms with Gasteiger partial charge in [-0.25, -0.2) is 4.98 Å². The maximum Gasteiger partial charge on any atom is 0.265 e. The molecule has 0 spiro atoms. The molecule has 3 rings (SSSR count). The first-order chi connectivity index (χ1) is 11.2. The standard InChI is InChI=1S/C19H17N3O/c1-2-3-8-18-21-17-7-5-4-6-16(17)19(23)22(18)15-11-9-14(13-20)10-12-15/h4-7,9-12H,2-3,8H2,1H3. The van der Waals surface area contributed by atoms with E-state index in [0.717, 1.165) is 36.3 Å². The lowest BCUT2D eigenvalue weighted by Crippen LogP contribution is -2.24. The Hall–Kier alpha value is -2.93. The minimum Gasteiger partial charge on any atom is -0.268 e. The zero-order chi connectivity index (χ0) is 16.2. The van der Waals surface area contributed by atoms with E-state index in [9.17, 15) is 4.79 Å². The second-order valence-corrected chi connectivity index (χ2v) is 5.45. The van der Waals surface area contributed by atoms with Crippen LogP contribution < -0.4 is 5.56 Å². The van der Waals surface area contributed by atoms with Gasteiger partial charge in [-0.05, 0) is 42.8 Å². The Labute approximate surface area is 134 Å². The molecule has 0 aliphatic heterocycles. The van der Waals surface area contributed by atoms with Crippen molar-refractivity contribution in [1.29, 1.82) is 5.26 Å². The Bertz CT molecular complexity index is 933. The number of fused-ring (bicyclic) bond motifs is 1. The molecule has 0 bridgehead atoms. The average Bonchev–Trinajstić information content (AvgIpc) is 2.60. The van der Waals surface area contributed by atoms with E-state index in [-0.39, 0.29) is 5.56 Å². The van der Waals surface area contributed by atoms with Crippen molar-refractivity contribution in [3.63, 3.8) is 0 Å².